The summed E-state index contributed by atoms with van der Waals surface area (Å²) in [6, 6.07) is 7.65. The van der Waals surface area contributed by atoms with Crippen molar-refractivity contribution in [3.05, 3.63) is 40.7 Å². The highest BCUT2D eigenvalue weighted by Crippen LogP contribution is 2.19. The van der Waals surface area contributed by atoms with Gasteiger partial charge < -0.3 is 4.90 Å². The fourth-order valence-corrected chi connectivity index (χ4v) is 4.73. The first-order valence-corrected chi connectivity index (χ1v) is 11.9. The third-order valence-corrected chi connectivity index (χ3v) is 7.30. The van der Waals surface area contributed by atoms with Crippen LogP contribution >= 0.6 is 23.1 Å². The maximum atomic E-state index is 12.2. The first kappa shape index (κ1) is 22.1. The Hall–Kier alpha value is -1.22. The van der Waals surface area contributed by atoms with E-state index in [0.717, 1.165) is 29.5 Å². The molecular weight excluding hydrogens is 404 g/mol. The molecule has 2 aromatic rings. The van der Waals surface area contributed by atoms with Crippen LogP contribution in [0.15, 0.2) is 24.3 Å². The average Bonchev–Trinajstić information content (AvgIpc) is 3.10. The Bertz CT molecular complexity index is 809. The zero-order valence-corrected chi connectivity index (χ0v) is 18.4. The minimum Gasteiger partial charge on any atom is -0.346 e. The van der Waals surface area contributed by atoms with Crippen molar-refractivity contribution in [2.24, 2.45) is 0 Å². The molecule has 0 N–H and O–H groups in total. The predicted molar refractivity (Wildman–Crippen MR) is 113 cm³/mol. The SMILES string of the molecule is CCCCS(=O)(=O)N(C)CCN(CC)c1nc(Cc2ccc(Cl)cc2)ns1. The lowest BCUT2D eigenvalue weighted by molar-refractivity contribution is 0.469. The summed E-state index contributed by atoms with van der Waals surface area (Å²) in [7, 11) is -1.54. The van der Waals surface area contributed by atoms with Crippen molar-refractivity contribution >= 4 is 38.3 Å². The quantitative estimate of drug-likeness (QED) is 0.544. The van der Waals surface area contributed by atoms with Crippen LogP contribution in [0.1, 0.15) is 38.1 Å². The van der Waals surface area contributed by atoms with Crippen molar-refractivity contribution in [3.8, 4) is 0 Å². The molecule has 0 saturated heterocycles. The summed E-state index contributed by atoms with van der Waals surface area (Å²) in [5, 5.41) is 1.53. The minimum absolute atomic E-state index is 0.205. The van der Waals surface area contributed by atoms with Crippen LogP contribution in [0.2, 0.25) is 5.02 Å². The number of halogens is 1. The molecule has 27 heavy (non-hydrogen) atoms. The fraction of sp³-hybridized carbons (Fsp3) is 0.556. The van der Waals surface area contributed by atoms with Gasteiger partial charge in [-0.25, -0.2) is 17.7 Å². The van der Waals surface area contributed by atoms with Gasteiger partial charge in [-0.3, -0.25) is 0 Å². The van der Waals surface area contributed by atoms with E-state index in [4.69, 9.17) is 11.6 Å². The van der Waals surface area contributed by atoms with Crippen molar-refractivity contribution in [1.82, 2.24) is 13.7 Å². The number of hydrogen-bond acceptors (Lipinski definition) is 6. The molecule has 150 valence electrons. The molecule has 1 aromatic carbocycles. The lowest BCUT2D eigenvalue weighted by Crippen LogP contribution is -2.37. The largest absolute Gasteiger partial charge is 0.346 e. The van der Waals surface area contributed by atoms with Crippen LogP contribution < -0.4 is 4.90 Å². The highest BCUT2D eigenvalue weighted by atomic mass is 35.5. The van der Waals surface area contributed by atoms with Gasteiger partial charge in [-0.2, -0.15) is 4.37 Å². The van der Waals surface area contributed by atoms with E-state index < -0.39 is 10.0 Å². The third-order valence-electron chi connectivity index (χ3n) is 4.30. The lowest BCUT2D eigenvalue weighted by Gasteiger charge is -2.23. The van der Waals surface area contributed by atoms with Crippen LogP contribution in [-0.2, 0) is 16.4 Å². The highest BCUT2D eigenvalue weighted by Gasteiger charge is 2.19. The summed E-state index contributed by atoms with van der Waals surface area (Å²) in [4.78, 5) is 6.69. The standard InChI is InChI=1S/C18H27ClN4O2S2/c1-4-6-13-27(24,25)22(3)11-12-23(5-2)18-20-17(21-26-18)14-15-7-9-16(19)10-8-15/h7-10H,4-6,11-14H2,1-3H3. The number of unbranched alkanes of at least 4 members (excludes halogenated alkanes) is 1. The van der Waals surface area contributed by atoms with E-state index in [9.17, 15) is 8.42 Å². The molecule has 0 aliphatic rings. The second-order valence-corrected chi connectivity index (χ2v) is 9.73. The van der Waals surface area contributed by atoms with Gasteiger partial charge in [-0.1, -0.05) is 37.1 Å². The van der Waals surface area contributed by atoms with Crippen LogP contribution in [0.3, 0.4) is 0 Å². The number of anilines is 1. The number of likely N-dealkylation sites (N-methyl/N-ethyl adjacent to an activating group) is 2. The van der Waals surface area contributed by atoms with Crippen molar-refractivity contribution in [3.63, 3.8) is 0 Å². The number of nitrogens with zero attached hydrogens (tertiary/aromatic N) is 4. The predicted octanol–water partition coefficient (Wildman–Crippen LogP) is 3.67. The molecule has 0 radical (unpaired) electrons. The molecule has 1 aromatic heterocycles. The number of hydrogen-bond donors (Lipinski definition) is 0. The van der Waals surface area contributed by atoms with E-state index in [2.05, 4.69) is 14.3 Å². The van der Waals surface area contributed by atoms with Gasteiger partial charge in [0, 0.05) is 49.7 Å². The smallest absolute Gasteiger partial charge is 0.213 e. The number of rotatable bonds is 11. The Balaban J connectivity index is 1.95. The van der Waals surface area contributed by atoms with Crippen molar-refractivity contribution in [2.45, 2.75) is 33.1 Å². The number of sulfonamides is 1. The van der Waals surface area contributed by atoms with Crippen molar-refractivity contribution < 1.29 is 8.42 Å². The summed E-state index contributed by atoms with van der Waals surface area (Å²) in [5.41, 5.74) is 1.11. The normalized spacial score (nSPS) is 11.9. The summed E-state index contributed by atoms with van der Waals surface area (Å²) >= 11 is 7.27. The highest BCUT2D eigenvalue weighted by molar-refractivity contribution is 7.89. The van der Waals surface area contributed by atoms with E-state index in [1.807, 2.05) is 38.1 Å². The molecule has 0 saturated carbocycles. The molecule has 0 aliphatic heterocycles. The lowest BCUT2D eigenvalue weighted by atomic mass is 10.1. The van der Waals surface area contributed by atoms with Gasteiger partial charge in [0.25, 0.3) is 0 Å². The van der Waals surface area contributed by atoms with Crippen LogP contribution in [0.25, 0.3) is 0 Å². The van der Waals surface area contributed by atoms with Crippen LogP contribution in [-0.4, -0.2) is 54.5 Å². The number of benzene rings is 1. The topological polar surface area (TPSA) is 66.4 Å². The van der Waals surface area contributed by atoms with E-state index in [1.54, 1.807) is 7.05 Å². The van der Waals surface area contributed by atoms with E-state index in [1.165, 1.54) is 15.8 Å². The Morgan fingerprint density at radius 3 is 2.48 bits per heavy atom. The van der Waals surface area contributed by atoms with Crippen LogP contribution in [0.4, 0.5) is 5.13 Å². The van der Waals surface area contributed by atoms with Crippen LogP contribution in [0.5, 0.6) is 0 Å². The Kier molecular flexibility index (Phi) is 8.47. The Morgan fingerprint density at radius 1 is 1.15 bits per heavy atom. The van der Waals surface area contributed by atoms with Crippen LogP contribution in [0, 0.1) is 0 Å². The number of aromatic nitrogens is 2. The zero-order chi connectivity index (χ0) is 19.9. The second-order valence-electron chi connectivity index (χ2n) is 6.37. The molecule has 0 aliphatic carbocycles. The second kappa shape index (κ2) is 10.4. The summed E-state index contributed by atoms with van der Waals surface area (Å²) in [6.45, 7) is 5.80. The Labute approximate surface area is 171 Å². The van der Waals surface area contributed by atoms with Crippen molar-refractivity contribution in [1.29, 1.82) is 0 Å². The molecule has 0 fully saturated rings. The molecule has 6 nitrogen and oxygen atoms in total. The molecule has 1 heterocycles. The van der Waals surface area contributed by atoms with E-state index >= 15 is 0 Å². The maximum Gasteiger partial charge on any atom is 0.213 e. The third kappa shape index (κ3) is 6.71. The maximum absolute atomic E-state index is 12.2. The minimum atomic E-state index is -3.18. The molecule has 9 heteroatoms. The summed E-state index contributed by atoms with van der Waals surface area (Å²) in [6.07, 6.45) is 2.21. The van der Waals surface area contributed by atoms with Crippen molar-refractivity contribution in [2.75, 3.05) is 37.3 Å². The first-order chi connectivity index (χ1) is 12.9. The van der Waals surface area contributed by atoms with Gasteiger partial charge in [0.05, 0.1) is 5.75 Å². The average molecular weight is 431 g/mol. The fourth-order valence-electron chi connectivity index (χ4n) is 2.50. The first-order valence-electron chi connectivity index (χ1n) is 9.11. The van der Waals surface area contributed by atoms with Gasteiger partial charge in [-0.05, 0) is 31.0 Å². The molecule has 0 atom stereocenters. The molecule has 0 spiro atoms. The summed E-state index contributed by atoms with van der Waals surface area (Å²) < 4.78 is 30.3. The molecule has 0 amide bonds. The van der Waals surface area contributed by atoms with Gasteiger partial charge in [0.1, 0.15) is 5.82 Å². The Morgan fingerprint density at radius 2 is 1.85 bits per heavy atom. The molecule has 0 bridgehead atoms. The summed E-state index contributed by atoms with van der Waals surface area (Å²) in [5.74, 6) is 0.968. The van der Waals surface area contributed by atoms with E-state index in [0.29, 0.717) is 31.0 Å². The van der Waals surface area contributed by atoms with Gasteiger partial charge in [0.15, 0.2) is 0 Å². The van der Waals surface area contributed by atoms with E-state index in [-0.39, 0.29) is 5.75 Å². The molecule has 0 unspecified atom stereocenters. The molecule has 2 rings (SSSR count). The molecular formula is C18H27ClN4O2S2. The van der Waals surface area contributed by atoms with Gasteiger partial charge >= 0.3 is 0 Å². The monoisotopic (exact) mass is 430 g/mol. The van der Waals surface area contributed by atoms with Gasteiger partial charge in [-0.15, -0.1) is 0 Å². The zero-order valence-electron chi connectivity index (χ0n) is 16.1. The van der Waals surface area contributed by atoms with Gasteiger partial charge in [0.2, 0.25) is 15.2 Å².